The Balaban J connectivity index is 1.49. The van der Waals surface area contributed by atoms with Gasteiger partial charge in [-0.05, 0) is 66.1 Å². The standard InChI is InChI=1S/C26H28FN5O5/c27-20-3-1-2-16(14-20)12-13-29-15-22(33)30-21-10-8-18(9-11-21)17-4-6-19(7-5-17)25(35)31-23(24(28)34)26(36)32-37/h1-11,14,23-24,29,34,37H,12-13,15,28H2,(H,30,33)(H,31,35)(H,32,36)/t23-,24-/m0/s1. The topological polar surface area (TPSA) is 166 Å². The molecule has 0 radical (unpaired) electrons. The first-order chi connectivity index (χ1) is 17.8. The number of nitrogens with one attached hydrogen (secondary N) is 4. The molecule has 0 saturated heterocycles. The fraction of sp³-hybridized carbons (Fsp3) is 0.192. The lowest BCUT2D eigenvalue weighted by Gasteiger charge is -2.19. The Morgan fingerprint density at radius 1 is 0.946 bits per heavy atom. The second kappa shape index (κ2) is 13.2. The summed E-state index contributed by atoms with van der Waals surface area (Å²) < 4.78 is 13.2. The summed E-state index contributed by atoms with van der Waals surface area (Å²) in [5.41, 5.74) is 9.93. The van der Waals surface area contributed by atoms with Crippen LogP contribution in [-0.4, -0.2) is 53.4 Å². The fourth-order valence-corrected chi connectivity index (χ4v) is 3.49. The summed E-state index contributed by atoms with van der Waals surface area (Å²) in [6.07, 6.45) is -1.10. The van der Waals surface area contributed by atoms with E-state index in [0.29, 0.717) is 18.7 Å². The number of hydrogen-bond acceptors (Lipinski definition) is 7. The number of aliphatic hydroxyl groups is 1. The molecule has 0 spiro atoms. The molecule has 194 valence electrons. The molecule has 2 atom stereocenters. The van der Waals surface area contributed by atoms with Gasteiger partial charge in [-0.25, -0.2) is 9.87 Å². The number of carbonyl (C=O) groups excluding carboxylic acids is 3. The molecule has 0 aliphatic carbocycles. The van der Waals surface area contributed by atoms with Crippen LogP contribution in [0.15, 0.2) is 72.8 Å². The van der Waals surface area contributed by atoms with Gasteiger partial charge in [0.25, 0.3) is 11.8 Å². The fourth-order valence-electron chi connectivity index (χ4n) is 3.49. The van der Waals surface area contributed by atoms with Crippen LogP contribution < -0.4 is 27.2 Å². The number of hydroxylamine groups is 1. The highest BCUT2D eigenvalue weighted by atomic mass is 19.1. The number of rotatable bonds is 11. The number of hydrogen-bond donors (Lipinski definition) is 7. The maximum Gasteiger partial charge on any atom is 0.270 e. The van der Waals surface area contributed by atoms with Crippen molar-refractivity contribution in [2.45, 2.75) is 18.7 Å². The highest BCUT2D eigenvalue weighted by Crippen LogP contribution is 2.22. The first kappa shape index (κ1) is 27.4. The lowest BCUT2D eigenvalue weighted by atomic mass is 10.0. The van der Waals surface area contributed by atoms with Crippen LogP contribution in [0.2, 0.25) is 0 Å². The average Bonchev–Trinajstić information content (AvgIpc) is 2.89. The van der Waals surface area contributed by atoms with E-state index in [1.165, 1.54) is 29.7 Å². The molecule has 0 heterocycles. The number of amides is 3. The van der Waals surface area contributed by atoms with E-state index in [9.17, 15) is 23.9 Å². The summed E-state index contributed by atoms with van der Waals surface area (Å²) in [7, 11) is 0. The predicted molar refractivity (Wildman–Crippen MR) is 135 cm³/mol. The van der Waals surface area contributed by atoms with Gasteiger partial charge in [0.15, 0.2) is 0 Å². The number of carbonyl (C=O) groups is 3. The molecule has 37 heavy (non-hydrogen) atoms. The summed E-state index contributed by atoms with van der Waals surface area (Å²) in [4.78, 5) is 36.1. The second-order valence-electron chi connectivity index (χ2n) is 8.18. The highest BCUT2D eigenvalue weighted by Gasteiger charge is 2.26. The van der Waals surface area contributed by atoms with Crippen LogP contribution >= 0.6 is 0 Å². The van der Waals surface area contributed by atoms with Gasteiger partial charge < -0.3 is 26.8 Å². The van der Waals surface area contributed by atoms with E-state index in [4.69, 9.17) is 10.9 Å². The van der Waals surface area contributed by atoms with Crippen LogP contribution in [-0.2, 0) is 16.0 Å². The minimum Gasteiger partial charge on any atom is -0.376 e. The lowest BCUT2D eigenvalue weighted by Crippen LogP contribution is -2.55. The second-order valence-corrected chi connectivity index (χ2v) is 8.18. The maximum absolute atomic E-state index is 13.2. The van der Waals surface area contributed by atoms with Gasteiger partial charge in [-0.3, -0.25) is 19.6 Å². The molecular weight excluding hydrogens is 481 g/mol. The molecule has 3 rings (SSSR count). The molecule has 0 saturated carbocycles. The van der Waals surface area contributed by atoms with Crippen molar-refractivity contribution in [1.29, 1.82) is 0 Å². The van der Waals surface area contributed by atoms with Gasteiger partial charge >= 0.3 is 0 Å². The van der Waals surface area contributed by atoms with Crippen LogP contribution in [0.3, 0.4) is 0 Å². The van der Waals surface area contributed by atoms with Crippen molar-refractivity contribution in [1.82, 2.24) is 16.1 Å². The Kier molecular flexibility index (Phi) is 9.81. The first-order valence-electron chi connectivity index (χ1n) is 11.4. The minimum atomic E-state index is -1.70. The van der Waals surface area contributed by atoms with Gasteiger partial charge in [0.1, 0.15) is 18.1 Å². The van der Waals surface area contributed by atoms with Crippen molar-refractivity contribution in [2.75, 3.05) is 18.4 Å². The number of halogens is 1. The number of aliphatic hydroxyl groups excluding tert-OH is 1. The lowest BCUT2D eigenvalue weighted by molar-refractivity contribution is -0.133. The molecule has 0 aliphatic rings. The van der Waals surface area contributed by atoms with E-state index in [-0.39, 0.29) is 23.8 Å². The quantitative estimate of drug-likeness (QED) is 0.0881. The normalized spacial score (nSPS) is 12.3. The third kappa shape index (κ3) is 8.19. The summed E-state index contributed by atoms with van der Waals surface area (Å²) in [6, 6.07) is 18.4. The largest absolute Gasteiger partial charge is 0.376 e. The molecule has 0 unspecified atom stereocenters. The molecule has 0 bridgehead atoms. The molecule has 11 heteroatoms. The van der Waals surface area contributed by atoms with Crippen molar-refractivity contribution in [3.63, 3.8) is 0 Å². The summed E-state index contributed by atoms with van der Waals surface area (Å²) in [6.45, 7) is 0.647. The first-order valence-corrected chi connectivity index (χ1v) is 11.4. The molecule has 3 aromatic carbocycles. The van der Waals surface area contributed by atoms with Crippen molar-refractivity contribution < 1.29 is 29.1 Å². The Bertz CT molecular complexity index is 1220. The van der Waals surface area contributed by atoms with Crippen molar-refractivity contribution in [2.24, 2.45) is 5.73 Å². The zero-order chi connectivity index (χ0) is 26.8. The number of benzene rings is 3. The predicted octanol–water partition coefficient (Wildman–Crippen LogP) is 1.14. The average molecular weight is 510 g/mol. The van der Waals surface area contributed by atoms with Gasteiger partial charge in [0, 0.05) is 11.3 Å². The highest BCUT2D eigenvalue weighted by molar-refractivity contribution is 5.98. The van der Waals surface area contributed by atoms with E-state index < -0.39 is 24.1 Å². The Hall–Kier alpha value is -4.16. The molecule has 10 nitrogen and oxygen atoms in total. The Labute approximate surface area is 212 Å². The summed E-state index contributed by atoms with van der Waals surface area (Å²) >= 11 is 0. The summed E-state index contributed by atoms with van der Waals surface area (Å²) in [5.74, 6) is -2.21. The molecule has 0 aromatic heterocycles. The summed E-state index contributed by atoms with van der Waals surface area (Å²) in [5, 5.41) is 26.2. The van der Waals surface area contributed by atoms with Crippen molar-refractivity contribution in [3.05, 3.63) is 89.7 Å². The van der Waals surface area contributed by atoms with Crippen molar-refractivity contribution >= 4 is 23.4 Å². The van der Waals surface area contributed by atoms with Crippen molar-refractivity contribution in [3.8, 4) is 11.1 Å². The molecule has 3 amide bonds. The molecule has 3 aromatic rings. The third-order valence-corrected chi connectivity index (χ3v) is 5.43. The Morgan fingerprint density at radius 2 is 1.59 bits per heavy atom. The van der Waals surface area contributed by atoms with Crippen LogP contribution in [0.4, 0.5) is 10.1 Å². The van der Waals surface area contributed by atoms with E-state index in [1.807, 2.05) is 18.2 Å². The molecule has 0 aliphatic heterocycles. The van der Waals surface area contributed by atoms with Crippen LogP contribution in [0.5, 0.6) is 0 Å². The van der Waals surface area contributed by atoms with Gasteiger partial charge in [0.2, 0.25) is 5.91 Å². The molecule has 0 fully saturated rings. The third-order valence-electron chi connectivity index (χ3n) is 5.43. The SMILES string of the molecule is N[C@@H](O)[C@H](NC(=O)c1ccc(-c2ccc(NC(=O)CNCCc3cccc(F)c3)cc2)cc1)C(=O)NO. The smallest absolute Gasteiger partial charge is 0.270 e. The van der Waals surface area contributed by atoms with Crippen LogP contribution in [0.25, 0.3) is 11.1 Å². The van der Waals surface area contributed by atoms with E-state index >= 15 is 0 Å². The zero-order valence-electron chi connectivity index (χ0n) is 19.8. The van der Waals surface area contributed by atoms with Gasteiger partial charge in [0.05, 0.1) is 6.54 Å². The minimum absolute atomic E-state index is 0.114. The zero-order valence-corrected chi connectivity index (χ0v) is 19.8. The monoisotopic (exact) mass is 509 g/mol. The maximum atomic E-state index is 13.2. The van der Waals surface area contributed by atoms with Gasteiger partial charge in [-0.1, -0.05) is 36.4 Å². The number of anilines is 1. The van der Waals surface area contributed by atoms with Gasteiger partial charge in [-0.2, -0.15) is 0 Å². The Morgan fingerprint density at radius 3 is 2.19 bits per heavy atom. The number of nitrogens with two attached hydrogens (primary N) is 1. The van der Waals surface area contributed by atoms with Crippen LogP contribution in [0.1, 0.15) is 15.9 Å². The molecule has 8 N–H and O–H groups in total. The van der Waals surface area contributed by atoms with E-state index in [0.717, 1.165) is 16.7 Å². The molecular formula is C26H28FN5O5. The van der Waals surface area contributed by atoms with Crippen LogP contribution in [0, 0.1) is 5.82 Å². The van der Waals surface area contributed by atoms with Gasteiger partial charge in [-0.15, -0.1) is 0 Å². The van der Waals surface area contributed by atoms with E-state index in [2.05, 4.69) is 16.0 Å². The van der Waals surface area contributed by atoms with E-state index in [1.54, 1.807) is 30.3 Å².